The summed E-state index contributed by atoms with van der Waals surface area (Å²) in [5.41, 5.74) is 0.576. The van der Waals surface area contributed by atoms with Gasteiger partial charge in [0, 0.05) is 18.5 Å². The Morgan fingerprint density at radius 3 is 2.63 bits per heavy atom. The highest BCUT2D eigenvalue weighted by Gasteiger charge is 2.27. The summed E-state index contributed by atoms with van der Waals surface area (Å²) >= 11 is 0. The number of hydrogen-bond donors (Lipinski definition) is 1. The van der Waals surface area contributed by atoms with Crippen LogP contribution in [0, 0.1) is 11.7 Å². The number of halogens is 1. The molecule has 0 spiro atoms. The Morgan fingerprint density at radius 2 is 2.00 bits per heavy atom. The van der Waals surface area contributed by atoms with E-state index in [-0.39, 0.29) is 23.7 Å². The van der Waals surface area contributed by atoms with Gasteiger partial charge in [0.05, 0.1) is 6.04 Å². The number of nitrogens with zero attached hydrogens (tertiary/aromatic N) is 1. The van der Waals surface area contributed by atoms with E-state index < -0.39 is 0 Å². The summed E-state index contributed by atoms with van der Waals surface area (Å²) < 4.78 is 13.8. The molecule has 0 saturated carbocycles. The monoisotopic (exact) mass is 264 g/mol. The minimum absolute atomic E-state index is 0.0699. The molecule has 1 atom stereocenters. The summed E-state index contributed by atoms with van der Waals surface area (Å²) in [5, 5.41) is 3.25. The van der Waals surface area contributed by atoms with Crippen LogP contribution >= 0.6 is 0 Å². The van der Waals surface area contributed by atoms with Crippen molar-refractivity contribution in [2.75, 3.05) is 20.1 Å². The average molecular weight is 264 g/mol. The summed E-state index contributed by atoms with van der Waals surface area (Å²) in [4.78, 5) is 14.1. The molecule has 1 amide bonds. The first-order valence-electron chi connectivity index (χ1n) is 6.83. The fourth-order valence-corrected chi connectivity index (χ4v) is 2.57. The molecule has 104 valence electrons. The molecule has 1 aliphatic rings. The van der Waals surface area contributed by atoms with Gasteiger partial charge in [0.1, 0.15) is 5.82 Å². The van der Waals surface area contributed by atoms with Gasteiger partial charge in [-0.1, -0.05) is 18.2 Å². The van der Waals surface area contributed by atoms with Gasteiger partial charge in [0.25, 0.3) is 0 Å². The van der Waals surface area contributed by atoms with Crippen LogP contribution in [0.15, 0.2) is 24.3 Å². The fourth-order valence-electron chi connectivity index (χ4n) is 2.57. The molecule has 4 heteroatoms. The van der Waals surface area contributed by atoms with Gasteiger partial charge in [0.2, 0.25) is 5.91 Å². The molecule has 1 saturated heterocycles. The molecule has 1 aromatic carbocycles. The molecule has 3 nitrogen and oxygen atoms in total. The number of nitrogens with one attached hydrogen (secondary N) is 1. The van der Waals surface area contributed by atoms with Crippen LogP contribution in [0.5, 0.6) is 0 Å². The van der Waals surface area contributed by atoms with Crippen molar-refractivity contribution >= 4 is 5.91 Å². The van der Waals surface area contributed by atoms with Crippen molar-refractivity contribution in [3.05, 3.63) is 35.6 Å². The summed E-state index contributed by atoms with van der Waals surface area (Å²) in [5.74, 6) is -0.0577. The predicted octanol–water partition coefficient (Wildman–Crippen LogP) is 2.34. The van der Waals surface area contributed by atoms with E-state index in [0.717, 1.165) is 25.9 Å². The third-order valence-electron chi connectivity index (χ3n) is 3.97. The van der Waals surface area contributed by atoms with Gasteiger partial charge in [-0.3, -0.25) is 4.79 Å². The molecule has 0 radical (unpaired) electrons. The van der Waals surface area contributed by atoms with E-state index in [0.29, 0.717) is 5.56 Å². The lowest BCUT2D eigenvalue weighted by atomic mass is 9.95. The van der Waals surface area contributed by atoms with Crippen molar-refractivity contribution in [3.8, 4) is 0 Å². The Morgan fingerprint density at radius 1 is 1.37 bits per heavy atom. The van der Waals surface area contributed by atoms with Crippen LogP contribution in [-0.2, 0) is 4.79 Å². The van der Waals surface area contributed by atoms with E-state index in [2.05, 4.69) is 5.32 Å². The molecule has 1 unspecified atom stereocenters. The number of carbonyl (C=O) groups excluding carboxylic acids is 1. The molecule has 1 heterocycles. The van der Waals surface area contributed by atoms with Gasteiger partial charge in [-0.15, -0.1) is 0 Å². The van der Waals surface area contributed by atoms with E-state index in [9.17, 15) is 9.18 Å². The highest BCUT2D eigenvalue weighted by Crippen LogP contribution is 2.25. The highest BCUT2D eigenvalue weighted by atomic mass is 19.1. The molecule has 0 aliphatic carbocycles. The molecule has 1 aliphatic heterocycles. The fraction of sp³-hybridized carbons (Fsp3) is 0.533. The first-order chi connectivity index (χ1) is 9.11. The standard InChI is InChI=1S/C15H21FN2O/c1-11(13-5-3-4-6-14(13)16)18(2)15(19)12-7-9-17-10-8-12/h3-6,11-12,17H,7-10H2,1-2H3. The Balaban J connectivity index is 2.08. The van der Waals surface area contributed by atoms with Crippen molar-refractivity contribution in [1.82, 2.24) is 10.2 Å². The zero-order valence-corrected chi connectivity index (χ0v) is 11.5. The van der Waals surface area contributed by atoms with E-state index in [1.54, 1.807) is 30.1 Å². The van der Waals surface area contributed by atoms with Crippen molar-refractivity contribution in [2.24, 2.45) is 5.92 Å². The van der Waals surface area contributed by atoms with Crippen LogP contribution < -0.4 is 5.32 Å². The second-order valence-electron chi connectivity index (χ2n) is 5.17. The van der Waals surface area contributed by atoms with Crippen molar-refractivity contribution in [3.63, 3.8) is 0 Å². The summed E-state index contributed by atoms with van der Waals surface area (Å²) in [6.45, 7) is 3.65. The van der Waals surface area contributed by atoms with Crippen LogP contribution in [-0.4, -0.2) is 30.9 Å². The van der Waals surface area contributed by atoms with E-state index in [4.69, 9.17) is 0 Å². The van der Waals surface area contributed by atoms with Crippen molar-refractivity contribution in [1.29, 1.82) is 0 Å². The molecular weight excluding hydrogens is 243 g/mol. The number of rotatable bonds is 3. The van der Waals surface area contributed by atoms with Crippen molar-refractivity contribution in [2.45, 2.75) is 25.8 Å². The SMILES string of the molecule is CC(c1ccccc1F)N(C)C(=O)C1CCNCC1. The normalized spacial score (nSPS) is 18.1. The number of carbonyl (C=O) groups is 1. The maximum Gasteiger partial charge on any atom is 0.226 e. The first kappa shape index (κ1) is 14.0. The van der Waals surface area contributed by atoms with E-state index in [1.807, 2.05) is 6.92 Å². The zero-order valence-electron chi connectivity index (χ0n) is 11.5. The molecule has 1 N–H and O–H groups in total. The third kappa shape index (κ3) is 3.13. The Kier molecular flexibility index (Phi) is 4.53. The Hall–Kier alpha value is -1.42. The molecule has 1 fully saturated rings. The van der Waals surface area contributed by atoms with E-state index >= 15 is 0 Å². The van der Waals surface area contributed by atoms with Crippen LogP contribution in [0.2, 0.25) is 0 Å². The van der Waals surface area contributed by atoms with Crippen LogP contribution in [0.1, 0.15) is 31.4 Å². The predicted molar refractivity (Wildman–Crippen MR) is 73.2 cm³/mol. The summed E-state index contributed by atoms with van der Waals surface area (Å²) in [7, 11) is 1.77. The molecule has 0 aromatic heterocycles. The minimum Gasteiger partial charge on any atom is -0.339 e. The Bertz CT molecular complexity index is 444. The van der Waals surface area contributed by atoms with Crippen LogP contribution in [0.4, 0.5) is 4.39 Å². The van der Waals surface area contributed by atoms with Gasteiger partial charge in [-0.2, -0.15) is 0 Å². The maximum atomic E-state index is 13.8. The maximum absolute atomic E-state index is 13.8. The van der Waals surface area contributed by atoms with Crippen LogP contribution in [0.25, 0.3) is 0 Å². The van der Waals surface area contributed by atoms with Crippen LogP contribution in [0.3, 0.4) is 0 Å². The number of amides is 1. The zero-order chi connectivity index (χ0) is 13.8. The van der Waals surface area contributed by atoms with Gasteiger partial charge in [-0.25, -0.2) is 4.39 Å². The number of benzene rings is 1. The quantitative estimate of drug-likeness (QED) is 0.909. The average Bonchev–Trinajstić information content (AvgIpc) is 2.46. The first-order valence-corrected chi connectivity index (χ1v) is 6.83. The third-order valence-corrected chi connectivity index (χ3v) is 3.97. The number of hydrogen-bond acceptors (Lipinski definition) is 2. The summed E-state index contributed by atoms with van der Waals surface area (Å²) in [6, 6.07) is 6.42. The molecular formula is C15H21FN2O. The molecule has 1 aromatic rings. The lowest BCUT2D eigenvalue weighted by Crippen LogP contribution is -2.40. The topological polar surface area (TPSA) is 32.3 Å². The lowest BCUT2D eigenvalue weighted by Gasteiger charge is -2.31. The molecule has 0 bridgehead atoms. The van der Waals surface area contributed by atoms with Gasteiger partial charge in [-0.05, 0) is 38.9 Å². The van der Waals surface area contributed by atoms with Crippen molar-refractivity contribution < 1.29 is 9.18 Å². The van der Waals surface area contributed by atoms with E-state index in [1.165, 1.54) is 6.07 Å². The largest absolute Gasteiger partial charge is 0.339 e. The van der Waals surface area contributed by atoms with Gasteiger partial charge in [0.15, 0.2) is 0 Å². The van der Waals surface area contributed by atoms with Gasteiger partial charge >= 0.3 is 0 Å². The second-order valence-corrected chi connectivity index (χ2v) is 5.17. The second kappa shape index (κ2) is 6.15. The minimum atomic E-state index is -0.250. The molecule has 2 rings (SSSR count). The highest BCUT2D eigenvalue weighted by molar-refractivity contribution is 5.79. The smallest absolute Gasteiger partial charge is 0.226 e. The lowest BCUT2D eigenvalue weighted by molar-refractivity contribution is -0.137. The Labute approximate surface area is 113 Å². The molecule has 19 heavy (non-hydrogen) atoms. The van der Waals surface area contributed by atoms with Gasteiger partial charge < -0.3 is 10.2 Å². The summed E-state index contributed by atoms with van der Waals surface area (Å²) in [6.07, 6.45) is 1.74. The number of piperidine rings is 1.